The van der Waals surface area contributed by atoms with Crippen LogP contribution in [0, 0.1) is 10.1 Å². The molecule has 1 aromatic rings. The lowest BCUT2D eigenvalue weighted by molar-refractivity contribution is -0.402. The molecule has 0 radical (unpaired) electrons. The zero-order valence-corrected chi connectivity index (χ0v) is 7.36. The number of nitrogens with zero attached hydrogens (tertiary/aromatic N) is 1. The van der Waals surface area contributed by atoms with E-state index < -0.39 is 16.7 Å². The largest absolute Gasteiger partial charge is 0.422 e. The number of hydrogen-bond acceptors (Lipinski definition) is 2. The second-order valence-electron chi connectivity index (χ2n) is 2.69. The highest BCUT2D eigenvalue weighted by Gasteiger charge is 2.37. The summed E-state index contributed by atoms with van der Waals surface area (Å²) in [5.41, 5.74) is -1.48. The molecule has 0 aliphatic heterocycles. The summed E-state index contributed by atoms with van der Waals surface area (Å²) in [5, 5.41) is 10.1. The number of nitro groups is 1. The summed E-state index contributed by atoms with van der Waals surface area (Å²) in [6.07, 6.45) is -4.76. The Kier molecular flexibility index (Phi) is 3.08. The number of hydrogen-bond donors (Lipinski definition) is 0. The Morgan fingerprint density at radius 1 is 1.27 bits per heavy atom. The topological polar surface area (TPSA) is 43.1 Å². The van der Waals surface area contributed by atoms with Gasteiger partial charge in [-0.25, -0.2) is 0 Å². The Hall–Kier alpha value is -1.85. The molecule has 0 atom stereocenters. The third kappa shape index (κ3) is 3.08. The van der Waals surface area contributed by atoms with Gasteiger partial charge >= 0.3 is 6.18 Å². The maximum atomic E-state index is 12.4. The monoisotopic (exact) mass is 217 g/mol. The molecule has 1 rings (SSSR count). The van der Waals surface area contributed by atoms with E-state index in [0.29, 0.717) is 0 Å². The van der Waals surface area contributed by atoms with E-state index in [1.807, 2.05) is 0 Å². The number of alkyl halides is 3. The minimum Gasteiger partial charge on any atom is -0.259 e. The van der Waals surface area contributed by atoms with Gasteiger partial charge in [0.2, 0.25) is 6.20 Å². The van der Waals surface area contributed by atoms with E-state index in [0.717, 1.165) is 0 Å². The molecule has 0 unspecified atom stereocenters. The third-order valence-corrected chi connectivity index (χ3v) is 1.62. The molecule has 15 heavy (non-hydrogen) atoms. The summed E-state index contributed by atoms with van der Waals surface area (Å²) in [5.74, 6) is 0. The molecule has 80 valence electrons. The van der Waals surface area contributed by atoms with Gasteiger partial charge in [-0.15, -0.1) is 0 Å². The first-order valence-electron chi connectivity index (χ1n) is 3.89. The van der Waals surface area contributed by atoms with Crippen molar-refractivity contribution in [1.29, 1.82) is 0 Å². The van der Waals surface area contributed by atoms with Crippen LogP contribution in [0.2, 0.25) is 0 Å². The molecular formula is C9H6F3NO2. The molecule has 0 bridgehead atoms. The molecule has 0 heterocycles. The van der Waals surface area contributed by atoms with Crippen LogP contribution in [-0.2, 0) is 0 Å². The Bertz CT molecular complexity index is 384. The highest BCUT2D eigenvalue weighted by atomic mass is 19.4. The summed E-state index contributed by atoms with van der Waals surface area (Å²) in [6, 6.07) is 6.64. The third-order valence-electron chi connectivity index (χ3n) is 1.62. The van der Waals surface area contributed by atoms with Crippen molar-refractivity contribution in [2.75, 3.05) is 0 Å². The first-order chi connectivity index (χ1) is 6.91. The minimum atomic E-state index is -4.73. The number of allylic oxidation sites excluding steroid dienone is 1. The second kappa shape index (κ2) is 4.12. The van der Waals surface area contributed by atoms with Crippen LogP contribution in [0.4, 0.5) is 13.2 Å². The Labute approximate surface area is 83.0 Å². The zero-order chi connectivity index (χ0) is 11.5. The fraction of sp³-hybridized carbons (Fsp3) is 0.111. The number of rotatable bonds is 2. The van der Waals surface area contributed by atoms with Crippen molar-refractivity contribution in [3.05, 3.63) is 52.2 Å². The fourth-order valence-electron chi connectivity index (χ4n) is 1.03. The fourth-order valence-corrected chi connectivity index (χ4v) is 1.03. The Balaban J connectivity index is 3.20. The van der Waals surface area contributed by atoms with Crippen LogP contribution in [0.15, 0.2) is 36.5 Å². The van der Waals surface area contributed by atoms with Crippen molar-refractivity contribution in [2.24, 2.45) is 0 Å². The highest BCUT2D eigenvalue weighted by molar-refractivity contribution is 5.68. The summed E-state index contributed by atoms with van der Waals surface area (Å²) in [4.78, 5) is 8.94. The van der Waals surface area contributed by atoms with Crippen LogP contribution in [0.5, 0.6) is 0 Å². The van der Waals surface area contributed by atoms with Gasteiger partial charge in [0, 0.05) is 0 Å². The van der Waals surface area contributed by atoms with E-state index in [1.165, 1.54) is 30.3 Å². The predicted octanol–water partition coefficient (Wildman–Crippen LogP) is 2.87. The maximum absolute atomic E-state index is 12.4. The predicted molar refractivity (Wildman–Crippen MR) is 47.5 cm³/mol. The molecule has 6 heteroatoms. The van der Waals surface area contributed by atoms with E-state index in [4.69, 9.17) is 0 Å². The molecule has 3 nitrogen and oxygen atoms in total. The first kappa shape index (κ1) is 11.2. The molecule has 0 fully saturated rings. The molecule has 0 aliphatic carbocycles. The molecule has 1 aromatic carbocycles. The van der Waals surface area contributed by atoms with E-state index >= 15 is 0 Å². The van der Waals surface area contributed by atoms with Crippen molar-refractivity contribution in [2.45, 2.75) is 6.18 Å². The number of benzene rings is 1. The minimum absolute atomic E-state index is 0.0324. The van der Waals surface area contributed by atoms with Crippen molar-refractivity contribution < 1.29 is 18.1 Å². The molecule has 0 spiro atoms. The van der Waals surface area contributed by atoms with Crippen molar-refractivity contribution in [3.8, 4) is 0 Å². The zero-order valence-electron chi connectivity index (χ0n) is 7.36. The molecule has 0 amide bonds. The van der Waals surface area contributed by atoms with Crippen LogP contribution in [0.25, 0.3) is 5.57 Å². The normalized spacial score (nSPS) is 12.6. The lowest BCUT2D eigenvalue weighted by Crippen LogP contribution is -2.12. The van der Waals surface area contributed by atoms with E-state index in [1.54, 1.807) is 0 Å². The molecular weight excluding hydrogens is 211 g/mol. The van der Waals surface area contributed by atoms with Crippen molar-refractivity contribution >= 4 is 5.57 Å². The van der Waals surface area contributed by atoms with Crippen molar-refractivity contribution in [1.82, 2.24) is 0 Å². The van der Waals surface area contributed by atoms with E-state index in [2.05, 4.69) is 0 Å². The average molecular weight is 217 g/mol. The summed E-state index contributed by atoms with van der Waals surface area (Å²) in [6.45, 7) is 0. The lowest BCUT2D eigenvalue weighted by atomic mass is 10.1. The van der Waals surface area contributed by atoms with Crippen LogP contribution in [0.3, 0.4) is 0 Å². The van der Waals surface area contributed by atoms with Gasteiger partial charge in [0.1, 0.15) is 5.57 Å². The quantitative estimate of drug-likeness (QED) is 0.564. The van der Waals surface area contributed by atoms with Gasteiger partial charge in [-0.05, 0) is 5.56 Å². The smallest absolute Gasteiger partial charge is 0.259 e. The average Bonchev–Trinajstić information content (AvgIpc) is 2.14. The van der Waals surface area contributed by atoms with Crippen molar-refractivity contribution in [3.63, 3.8) is 0 Å². The molecule has 0 N–H and O–H groups in total. The Morgan fingerprint density at radius 2 is 1.80 bits per heavy atom. The van der Waals surface area contributed by atoms with Crippen LogP contribution in [-0.4, -0.2) is 11.1 Å². The Morgan fingerprint density at radius 3 is 2.20 bits per heavy atom. The molecule has 0 saturated heterocycles. The lowest BCUT2D eigenvalue weighted by Gasteiger charge is -2.08. The highest BCUT2D eigenvalue weighted by Crippen LogP contribution is 2.33. The van der Waals surface area contributed by atoms with Gasteiger partial charge in [-0.2, -0.15) is 13.2 Å². The van der Waals surface area contributed by atoms with Crippen LogP contribution < -0.4 is 0 Å². The summed E-state index contributed by atoms with van der Waals surface area (Å²) in [7, 11) is 0. The van der Waals surface area contributed by atoms with Gasteiger partial charge in [0.15, 0.2) is 0 Å². The molecule has 0 aliphatic rings. The first-order valence-corrected chi connectivity index (χ1v) is 3.89. The maximum Gasteiger partial charge on any atom is 0.422 e. The van der Waals surface area contributed by atoms with Crippen LogP contribution >= 0.6 is 0 Å². The standard InChI is InChI=1S/C9H6F3NO2/c10-9(11,12)8(6-13(14)15)7-4-2-1-3-5-7/h1-6H. The van der Waals surface area contributed by atoms with Gasteiger partial charge in [0.25, 0.3) is 0 Å². The molecule has 0 aromatic heterocycles. The second-order valence-corrected chi connectivity index (χ2v) is 2.69. The van der Waals surface area contributed by atoms with Gasteiger partial charge in [-0.1, -0.05) is 30.3 Å². The summed E-state index contributed by atoms with van der Waals surface area (Å²) >= 11 is 0. The van der Waals surface area contributed by atoms with Crippen LogP contribution in [0.1, 0.15) is 5.56 Å². The number of halogens is 3. The van der Waals surface area contributed by atoms with E-state index in [9.17, 15) is 23.3 Å². The van der Waals surface area contributed by atoms with Gasteiger partial charge in [-0.3, -0.25) is 10.1 Å². The molecule has 0 saturated carbocycles. The summed E-state index contributed by atoms with van der Waals surface area (Å²) < 4.78 is 37.2. The van der Waals surface area contributed by atoms with Gasteiger partial charge in [0.05, 0.1) is 4.92 Å². The SMILES string of the molecule is O=[N+]([O-])C=C(c1ccccc1)C(F)(F)F. The van der Waals surface area contributed by atoms with E-state index in [-0.39, 0.29) is 11.8 Å². The van der Waals surface area contributed by atoms with Gasteiger partial charge < -0.3 is 0 Å².